The largest absolute Gasteiger partial charge is 0.459 e. The zero-order valence-electron chi connectivity index (χ0n) is 23.2. The van der Waals surface area contributed by atoms with Gasteiger partial charge < -0.3 is 20.4 Å². The molecule has 5 rings (SSSR count). The van der Waals surface area contributed by atoms with Gasteiger partial charge >= 0.3 is 0 Å². The quantitative estimate of drug-likeness (QED) is 0.341. The number of aryl methyl sites for hydroxylation is 1. The molecule has 9 nitrogen and oxygen atoms in total. The number of likely N-dealkylation sites (tertiary alicyclic amines) is 1. The molecule has 3 amide bonds. The number of alkyl halides is 1. The van der Waals surface area contributed by atoms with Crippen molar-refractivity contribution in [1.82, 2.24) is 20.0 Å². The van der Waals surface area contributed by atoms with Crippen LogP contribution in [0.1, 0.15) is 60.6 Å². The van der Waals surface area contributed by atoms with Gasteiger partial charge in [-0.3, -0.25) is 19.1 Å². The summed E-state index contributed by atoms with van der Waals surface area (Å²) in [5, 5.41) is 8.19. The Morgan fingerprint density at radius 1 is 1.22 bits per heavy atom. The second-order valence-corrected chi connectivity index (χ2v) is 10.4. The molecule has 3 N–H and O–H groups in total. The van der Waals surface area contributed by atoms with Crippen molar-refractivity contribution in [1.29, 1.82) is 0 Å². The van der Waals surface area contributed by atoms with E-state index in [1.165, 1.54) is 27.8 Å². The van der Waals surface area contributed by atoms with Gasteiger partial charge in [-0.15, -0.1) is 0 Å². The van der Waals surface area contributed by atoms with Gasteiger partial charge in [0, 0.05) is 22.8 Å². The van der Waals surface area contributed by atoms with E-state index in [1.807, 2.05) is 26.0 Å². The van der Waals surface area contributed by atoms with Crippen LogP contribution in [0.25, 0.3) is 27.4 Å². The number of hydrogen-bond donors (Lipinski definition) is 2. The van der Waals surface area contributed by atoms with Gasteiger partial charge in [-0.05, 0) is 69.2 Å². The highest BCUT2D eigenvalue weighted by Gasteiger charge is 2.40. The molecule has 2 aromatic heterocycles. The Morgan fingerprint density at radius 2 is 1.98 bits per heavy atom. The van der Waals surface area contributed by atoms with Gasteiger partial charge in [-0.25, -0.2) is 8.78 Å². The van der Waals surface area contributed by atoms with Crippen molar-refractivity contribution < 1.29 is 27.6 Å². The molecule has 1 aliphatic rings. The zero-order valence-corrected chi connectivity index (χ0v) is 23.2. The van der Waals surface area contributed by atoms with Crippen molar-refractivity contribution >= 4 is 45.2 Å². The molecule has 3 atom stereocenters. The zero-order chi connectivity index (χ0) is 29.6. The number of fused-ring (bicyclic) bond motifs is 2. The highest BCUT2D eigenvalue weighted by atomic mass is 19.1. The van der Waals surface area contributed by atoms with Crippen molar-refractivity contribution in [3.8, 4) is 0 Å². The number of carbonyl (C=O) groups is 3. The van der Waals surface area contributed by atoms with E-state index < -0.39 is 41.8 Å². The van der Waals surface area contributed by atoms with Crippen LogP contribution in [0.4, 0.5) is 8.78 Å². The number of benzene rings is 2. The fourth-order valence-corrected chi connectivity index (χ4v) is 5.42. The smallest absolute Gasteiger partial charge is 0.269 e. The number of carbonyl (C=O) groups excluding carboxylic acids is 3. The van der Waals surface area contributed by atoms with Crippen molar-refractivity contribution in [2.45, 2.75) is 58.9 Å². The summed E-state index contributed by atoms with van der Waals surface area (Å²) >= 11 is 0. The highest BCUT2D eigenvalue weighted by molar-refractivity contribution is 6.05. The maximum atomic E-state index is 14.6. The van der Waals surface area contributed by atoms with Crippen LogP contribution in [0.2, 0.25) is 0 Å². The van der Waals surface area contributed by atoms with Crippen molar-refractivity contribution in [2.75, 3.05) is 6.54 Å². The minimum absolute atomic E-state index is 0.0209. The van der Waals surface area contributed by atoms with Crippen LogP contribution in [0.15, 0.2) is 46.9 Å². The number of halogens is 2. The number of aromatic nitrogens is 2. The molecule has 3 heterocycles. The van der Waals surface area contributed by atoms with Crippen LogP contribution in [-0.2, 0) is 16.1 Å². The number of furan rings is 1. The van der Waals surface area contributed by atoms with E-state index in [0.717, 1.165) is 11.1 Å². The number of amides is 3. The Morgan fingerprint density at radius 3 is 2.68 bits per heavy atom. The summed E-state index contributed by atoms with van der Waals surface area (Å²) in [5.41, 5.74) is 9.14. The fraction of sp³-hybridized carbons (Fsp3) is 0.333. The molecule has 41 heavy (non-hydrogen) atoms. The van der Waals surface area contributed by atoms with E-state index in [1.54, 1.807) is 26.0 Å². The molecule has 1 saturated heterocycles. The lowest BCUT2D eigenvalue weighted by Gasteiger charge is -2.25. The molecule has 1 fully saturated rings. The predicted octanol–water partition coefficient (Wildman–Crippen LogP) is 4.57. The first kappa shape index (κ1) is 28.0. The molecule has 0 bridgehead atoms. The van der Waals surface area contributed by atoms with E-state index in [-0.39, 0.29) is 25.2 Å². The topological polar surface area (TPSA) is 123 Å². The maximum Gasteiger partial charge on any atom is 0.269 e. The average Bonchev–Trinajstić information content (AvgIpc) is 3.61. The molecule has 0 spiro atoms. The standard InChI is InChI=1S/C30H31F2N5O4/c1-5-15(2)18-6-8-23-22(10-18)27(29(33)39)35-37(23)14-26(38)36-13-20(32)12-24(36)30(40)34-17(4)28-16(3)21-11-19(31)7-9-25(21)41-28/h5-11,17,20,24H,12-14H2,1-4H3,(H2,33,39)(H,34,40)/b15-5+/t17-,20-,24?/m1/s1. The number of rotatable bonds is 7. The first-order valence-electron chi connectivity index (χ1n) is 13.3. The number of nitrogens with zero attached hydrogens (tertiary/aromatic N) is 3. The Hall–Kier alpha value is -4.54. The first-order chi connectivity index (χ1) is 19.5. The van der Waals surface area contributed by atoms with Crippen LogP contribution in [0.5, 0.6) is 0 Å². The summed E-state index contributed by atoms with van der Waals surface area (Å²) in [7, 11) is 0. The summed E-state index contributed by atoms with van der Waals surface area (Å²) in [5.74, 6) is -1.76. The number of allylic oxidation sites excluding steroid dienone is 2. The predicted molar refractivity (Wildman–Crippen MR) is 150 cm³/mol. The lowest BCUT2D eigenvalue weighted by molar-refractivity contribution is -0.139. The third-order valence-corrected chi connectivity index (χ3v) is 7.72. The second-order valence-electron chi connectivity index (χ2n) is 10.4. The summed E-state index contributed by atoms with van der Waals surface area (Å²) in [6, 6.07) is 7.90. The normalized spacial score (nSPS) is 18.3. The number of nitrogens with one attached hydrogen (secondary N) is 1. The third kappa shape index (κ3) is 5.19. The average molecular weight is 564 g/mol. The van der Waals surface area contributed by atoms with Crippen molar-refractivity contribution in [3.05, 3.63) is 70.9 Å². The van der Waals surface area contributed by atoms with Gasteiger partial charge in [0.2, 0.25) is 11.8 Å². The van der Waals surface area contributed by atoms with Gasteiger partial charge in [0.15, 0.2) is 5.69 Å². The summed E-state index contributed by atoms with van der Waals surface area (Å²) in [6.45, 7) is 6.74. The lowest BCUT2D eigenvalue weighted by Crippen LogP contribution is -2.47. The van der Waals surface area contributed by atoms with E-state index in [2.05, 4.69) is 10.4 Å². The van der Waals surface area contributed by atoms with Crippen LogP contribution in [0, 0.1) is 12.7 Å². The second kappa shape index (κ2) is 10.8. The van der Waals surface area contributed by atoms with Gasteiger partial charge in [0.25, 0.3) is 5.91 Å². The monoisotopic (exact) mass is 563 g/mol. The van der Waals surface area contributed by atoms with E-state index >= 15 is 0 Å². The molecule has 0 saturated carbocycles. The maximum absolute atomic E-state index is 14.6. The highest BCUT2D eigenvalue weighted by Crippen LogP contribution is 2.31. The van der Waals surface area contributed by atoms with Gasteiger partial charge in [-0.2, -0.15) is 5.10 Å². The summed E-state index contributed by atoms with van der Waals surface area (Å²) in [6.07, 6.45) is 0.386. The lowest BCUT2D eigenvalue weighted by atomic mass is 10.0. The van der Waals surface area contributed by atoms with Gasteiger partial charge in [-0.1, -0.05) is 12.1 Å². The molecule has 214 valence electrons. The first-order valence-corrected chi connectivity index (χ1v) is 13.3. The molecular formula is C30H31F2N5O4. The molecule has 2 aromatic carbocycles. The minimum atomic E-state index is -1.39. The van der Waals surface area contributed by atoms with Crippen LogP contribution < -0.4 is 11.1 Å². The Bertz CT molecular complexity index is 1720. The molecule has 1 unspecified atom stereocenters. The van der Waals surface area contributed by atoms with Gasteiger partial charge in [0.1, 0.15) is 35.9 Å². The van der Waals surface area contributed by atoms with Gasteiger partial charge in [0.05, 0.1) is 18.1 Å². The number of hydrogen-bond acceptors (Lipinski definition) is 5. The van der Waals surface area contributed by atoms with E-state index in [0.29, 0.717) is 33.2 Å². The minimum Gasteiger partial charge on any atom is -0.459 e. The summed E-state index contributed by atoms with van der Waals surface area (Å²) in [4.78, 5) is 40.0. The van der Waals surface area contributed by atoms with Crippen LogP contribution in [0.3, 0.4) is 0 Å². The Labute approximate surface area is 234 Å². The molecule has 0 aliphatic carbocycles. The molecule has 11 heteroatoms. The van der Waals surface area contributed by atoms with Crippen molar-refractivity contribution in [3.63, 3.8) is 0 Å². The van der Waals surface area contributed by atoms with E-state index in [9.17, 15) is 23.2 Å². The fourth-order valence-electron chi connectivity index (χ4n) is 5.42. The van der Waals surface area contributed by atoms with Crippen LogP contribution in [-0.4, -0.2) is 51.2 Å². The third-order valence-electron chi connectivity index (χ3n) is 7.72. The summed E-state index contributed by atoms with van der Waals surface area (Å²) < 4.78 is 35.5. The molecule has 0 radical (unpaired) electrons. The SMILES string of the molecule is C/C=C(\C)c1ccc2c(c1)c(C(N)=O)nn2CC(=O)N1C[C@H](F)CC1C(=O)N[C@H](C)c1oc2ccc(F)cc2c1C. The van der Waals surface area contributed by atoms with E-state index in [4.69, 9.17) is 10.2 Å². The molecule has 4 aromatic rings. The Kier molecular flexibility index (Phi) is 7.37. The van der Waals surface area contributed by atoms with Crippen LogP contribution >= 0.6 is 0 Å². The van der Waals surface area contributed by atoms with Crippen molar-refractivity contribution in [2.24, 2.45) is 5.73 Å². The molecule has 1 aliphatic heterocycles. The number of primary amides is 1. The molecular weight excluding hydrogens is 532 g/mol. The Balaban J connectivity index is 1.37. The number of nitrogens with two attached hydrogens (primary N) is 1.